The summed E-state index contributed by atoms with van der Waals surface area (Å²) >= 11 is 0. The molecule has 5 heteroatoms. The van der Waals surface area contributed by atoms with Gasteiger partial charge in [-0.3, -0.25) is 4.98 Å². The zero-order valence-electron chi connectivity index (χ0n) is 11.8. The second kappa shape index (κ2) is 5.83. The predicted molar refractivity (Wildman–Crippen MR) is 80.1 cm³/mol. The highest BCUT2D eigenvalue weighted by atomic mass is 19.4. The van der Waals surface area contributed by atoms with Crippen LogP contribution in [0.3, 0.4) is 0 Å². The molecule has 2 aromatic carbocycles. The van der Waals surface area contributed by atoms with Crippen molar-refractivity contribution in [3.05, 3.63) is 78.2 Å². The number of rotatable bonds is 2. The summed E-state index contributed by atoms with van der Waals surface area (Å²) in [6.07, 6.45) is -3.41. The van der Waals surface area contributed by atoms with E-state index in [1.165, 1.54) is 18.2 Å². The van der Waals surface area contributed by atoms with Crippen molar-refractivity contribution < 1.29 is 17.6 Å². The summed E-state index contributed by atoms with van der Waals surface area (Å²) in [5, 5.41) is 0. The molecule has 0 unspecified atom stereocenters. The van der Waals surface area contributed by atoms with Crippen LogP contribution in [0, 0.1) is 5.82 Å². The molecule has 0 radical (unpaired) electrons. The van der Waals surface area contributed by atoms with Crippen LogP contribution in [-0.2, 0) is 6.18 Å². The lowest BCUT2D eigenvalue weighted by Gasteiger charge is -2.10. The highest BCUT2D eigenvalue weighted by Crippen LogP contribution is 2.33. The lowest BCUT2D eigenvalue weighted by atomic mass is 10.0. The first-order valence-electron chi connectivity index (χ1n) is 6.84. The van der Waals surface area contributed by atoms with Crippen molar-refractivity contribution in [2.24, 2.45) is 0 Å². The molecule has 0 bridgehead atoms. The number of benzene rings is 2. The summed E-state index contributed by atoms with van der Waals surface area (Å²) in [6.45, 7) is 0. The van der Waals surface area contributed by atoms with Crippen LogP contribution >= 0.6 is 0 Å². The zero-order valence-corrected chi connectivity index (χ0v) is 11.8. The van der Waals surface area contributed by atoms with Crippen LogP contribution in [0.2, 0.25) is 0 Å². The Morgan fingerprint density at radius 1 is 0.783 bits per heavy atom. The lowest BCUT2D eigenvalue weighted by Crippen LogP contribution is -2.04. The number of aromatic nitrogens is 1. The van der Waals surface area contributed by atoms with Gasteiger partial charge in [-0.05, 0) is 23.8 Å². The van der Waals surface area contributed by atoms with Gasteiger partial charge >= 0.3 is 6.18 Å². The van der Waals surface area contributed by atoms with Crippen molar-refractivity contribution in [1.82, 2.24) is 4.98 Å². The maximum atomic E-state index is 14.0. The molecule has 1 aromatic heterocycles. The summed E-state index contributed by atoms with van der Waals surface area (Å²) in [6, 6.07) is 15.1. The lowest BCUT2D eigenvalue weighted by molar-refractivity contribution is -0.137. The Kier molecular flexibility index (Phi) is 3.86. The molecule has 0 saturated heterocycles. The van der Waals surface area contributed by atoms with Crippen LogP contribution in [0.1, 0.15) is 5.56 Å². The molecule has 0 fully saturated rings. The third-order valence-electron chi connectivity index (χ3n) is 3.43. The van der Waals surface area contributed by atoms with Crippen molar-refractivity contribution in [3.8, 4) is 22.4 Å². The molecule has 3 rings (SSSR count). The Morgan fingerprint density at radius 2 is 1.48 bits per heavy atom. The Morgan fingerprint density at radius 3 is 2.17 bits per heavy atom. The van der Waals surface area contributed by atoms with Gasteiger partial charge in [0.25, 0.3) is 0 Å². The Bertz CT molecular complexity index is 826. The second-order valence-electron chi connectivity index (χ2n) is 4.99. The van der Waals surface area contributed by atoms with Gasteiger partial charge in [0.2, 0.25) is 0 Å². The van der Waals surface area contributed by atoms with Gasteiger partial charge in [0, 0.05) is 11.1 Å². The Balaban J connectivity index is 2.09. The van der Waals surface area contributed by atoms with E-state index in [1.54, 1.807) is 30.3 Å². The first kappa shape index (κ1) is 15.2. The summed E-state index contributed by atoms with van der Waals surface area (Å²) < 4.78 is 52.4. The summed E-state index contributed by atoms with van der Waals surface area (Å²) in [7, 11) is 0. The van der Waals surface area contributed by atoms with E-state index in [0.29, 0.717) is 11.1 Å². The molecule has 3 aromatic rings. The van der Waals surface area contributed by atoms with Crippen LogP contribution in [0.5, 0.6) is 0 Å². The van der Waals surface area contributed by atoms with Crippen LogP contribution in [-0.4, -0.2) is 4.98 Å². The van der Waals surface area contributed by atoms with Gasteiger partial charge in [-0.25, -0.2) is 4.39 Å². The molecule has 0 aliphatic rings. The standard InChI is InChI=1S/C18H11F4N/c19-16-11-23-17(10-15(16)12-5-2-1-3-6-12)13-7-4-8-14(9-13)18(20,21)22/h1-11H. The molecule has 0 spiro atoms. The first-order valence-corrected chi connectivity index (χ1v) is 6.84. The molecule has 0 N–H and O–H groups in total. The molecule has 116 valence electrons. The van der Waals surface area contributed by atoms with E-state index in [4.69, 9.17) is 0 Å². The van der Waals surface area contributed by atoms with Gasteiger partial charge in [0.05, 0.1) is 17.5 Å². The minimum Gasteiger partial charge on any atom is -0.253 e. The topological polar surface area (TPSA) is 12.9 Å². The number of hydrogen-bond acceptors (Lipinski definition) is 1. The van der Waals surface area contributed by atoms with Gasteiger partial charge in [-0.2, -0.15) is 13.2 Å². The Hall–Kier alpha value is -2.69. The van der Waals surface area contributed by atoms with E-state index in [9.17, 15) is 17.6 Å². The third-order valence-corrected chi connectivity index (χ3v) is 3.43. The quantitative estimate of drug-likeness (QED) is 0.563. The number of alkyl halides is 3. The van der Waals surface area contributed by atoms with Crippen molar-refractivity contribution in [2.75, 3.05) is 0 Å². The van der Waals surface area contributed by atoms with Gasteiger partial charge < -0.3 is 0 Å². The second-order valence-corrected chi connectivity index (χ2v) is 4.99. The van der Waals surface area contributed by atoms with Gasteiger partial charge in [0.1, 0.15) is 5.82 Å². The fourth-order valence-electron chi connectivity index (χ4n) is 2.29. The molecule has 0 aliphatic carbocycles. The predicted octanol–water partition coefficient (Wildman–Crippen LogP) is 5.57. The molecule has 1 nitrogen and oxygen atoms in total. The van der Waals surface area contributed by atoms with E-state index in [0.717, 1.165) is 18.3 Å². The first-order chi connectivity index (χ1) is 10.9. The van der Waals surface area contributed by atoms with Crippen molar-refractivity contribution in [3.63, 3.8) is 0 Å². The Labute approximate surface area is 130 Å². The fourth-order valence-corrected chi connectivity index (χ4v) is 2.29. The van der Waals surface area contributed by atoms with Crippen molar-refractivity contribution in [2.45, 2.75) is 6.18 Å². The van der Waals surface area contributed by atoms with E-state index in [2.05, 4.69) is 4.98 Å². The van der Waals surface area contributed by atoms with Gasteiger partial charge in [0.15, 0.2) is 0 Å². The van der Waals surface area contributed by atoms with Crippen LogP contribution in [0.4, 0.5) is 17.6 Å². The highest BCUT2D eigenvalue weighted by molar-refractivity contribution is 5.71. The molecule has 1 heterocycles. The van der Waals surface area contributed by atoms with E-state index >= 15 is 0 Å². The number of pyridine rings is 1. The molecule has 0 atom stereocenters. The molecular weight excluding hydrogens is 306 g/mol. The molecular formula is C18H11F4N. The number of halogens is 4. The monoisotopic (exact) mass is 317 g/mol. The van der Waals surface area contributed by atoms with E-state index in [-0.39, 0.29) is 11.3 Å². The van der Waals surface area contributed by atoms with Gasteiger partial charge in [-0.15, -0.1) is 0 Å². The molecule has 23 heavy (non-hydrogen) atoms. The summed E-state index contributed by atoms with van der Waals surface area (Å²) in [5.74, 6) is -0.521. The minimum atomic E-state index is -4.43. The third kappa shape index (κ3) is 3.23. The minimum absolute atomic E-state index is 0.288. The van der Waals surface area contributed by atoms with Crippen LogP contribution in [0.15, 0.2) is 66.9 Å². The van der Waals surface area contributed by atoms with E-state index in [1.807, 2.05) is 0 Å². The maximum absolute atomic E-state index is 14.0. The molecule has 0 aliphatic heterocycles. The highest BCUT2D eigenvalue weighted by Gasteiger charge is 2.30. The SMILES string of the molecule is Fc1cnc(-c2cccc(C(F)(F)F)c2)cc1-c1ccccc1. The zero-order chi connectivity index (χ0) is 16.4. The maximum Gasteiger partial charge on any atom is 0.416 e. The summed E-state index contributed by atoms with van der Waals surface area (Å²) in [5.41, 5.74) is 0.754. The van der Waals surface area contributed by atoms with Crippen LogP contribution < -0.4 is 0 Å². The van der Waals surface area contributed by atoms with Gasteiger partial charge in [-0.1, -0.05) is 42.5 Å². The van der Waals surface area contributed by atoms with Crippen molar-refractivity contribution >= 4 is 0 Å². The molecule has 0 saturated carbocycles. The molecule has 0 amide bonds. The number of nitrogens with zero attached hydrogens (tertiary/aromatic N) is 1. The fraction of sp³-hybridized carbons (Fsp3) is 0.0556. The van der Waals surface area contributed by atoms with E-state index < -0.39 is 17.6 Å². The smallest absolute Gasteiger partial charge is 0.253 e. The van der Waals surface area contributed by atoms with Crippen molar-refractivity contribution in [1.29, 1.82) is 0 Å². The normalized spacial score (nSPS) is 11.5. The number of hydrogen-bond donors (Lipinski definition) is 0. The summed E-state index contributed by atoms with van der Waals surface area (Å²) in [4.78, 5) is 3.92. The largest absolute Gasteiger partial charge is 0.416 e. The van der Waals surface area contributed by atoms with Crippen LogP contribution in [0.25, 0.3) is 22.4 Å². The average molecular weight is 317 g/mol. The average Bonchev–Trinajstić information content (AvgIpc) is 2.55.